The number of anilines is 1. The van der Waals surface area contributed by atoms with E-state index in [1.165, 1.54) is 0 Å². The van der Waals surface area contributed by atoms with Crippen LogP contribution in [0.15, 0.2) is 18.2 Å². The van der Waals surface area contributed by atoms with Crippen molar-refractivity contribution in [2.45, 2.75) is 25.9 Å². The van der Waals surface area contributed by atoms with E-state index in [0.717, 1.165) is 36.4 Å². The van der Waals surface area contributed by atoms with Gasteiger partial charge in [0.15, 0.2) is 0 Å². The van der Waals surface area contributed by atoms with Gasteiger partial charge in [-0.05, 0) is 43.5 Å². The van der Waals surface area contributed by atoms with Gasteiger partial charge < -0.3 is 15.2 Å². The SMILES string of the molecule is Cc1cc(N)ccc1OC[C@@H]1CCCO1. The standard InChI is InChI=1S/C12H17NO2/c1-9-7-10(13)4-5-12(9)15-8-11-3-2-6-14-11/h4-5,7,11H,2-3,6,8,13H2,1H3/t11-/m0/s1. The minimum atomic E-state index is 0.266. The van der Waals surface area contributed by atoms with Crippen molar-refractivity contribution in [3.63, 3.8) is 0 Å². The zero-order chi connectivity index (χ0) is 10.7. The Hall–Kier alpha value is -1.22. The molecule has 82 valence electrons. The lowest BCUT2D eigenvalue weighted by molar-refractivity contribution is 0.0677. The summed E-state index contributed by atoms with van der Waals surface area (Å²) >= 11 is 0. The van der Waals surface area contributed by atoms with Crippen molar-refractivity contribution in [1.82, 2.24) is 0 Å². The Morgan fingerprint density at radius 2 is 2.40 bits per heavy atom. The van der Waals surface area contributed by atoms with Gasteiger partial charge in [-0.1, -0.05) is 0 Å². The number of nitrogen functional groups attached to an aromatic ring is 1. The van der Waals surface area contributed by atoms with E-state index in [0.29, 0.717) is 6.61 Å². The number of hydrogen-bond acceptors (Lipinski definition) is 3. The first-order chi connectivity index (χ1) is 7.25. The van der Waals surface area contributed by atoms with Crippen LogP contribution in [0, 0.1) is 6.92 Å². The number of ether oxygens (including phenoxy) is 2. The summed E-state index contributed by atoms with van der Waals surface area (Å²) in [7, 11) is 0. The first kappa shape index (κ1) is 10.3. The van der Waals surface area contributed by atoms with E-state index in [1.807, 2.05) is 25.1 Å². The van der Waals surface area contributed by atoms with Gasteiger partial charge in [-0.2, -0.15) is 0 Å². The van der Waals surface area contributed by atoms with E-state index in [4.69, 9.17) is 15.2 Å². The van der Waals surface area contributed by atoms with Gasteiger partial charge >= 0.3 is 0 Å². The molecule has 1 aliphatic rings. The summed E-state index contributed by atoms with van der Waals surface area (Å²) in [5.74, 6) is 0.903. The Bertz CT molecular complexity index is 332. The molecule has 0 amide bonds. The molecule has 0 unspecified atom stereocenters. The third-order valence-corrected chi connectivity index (χ3v) is 2.65. The Kier molecular flexibility index (Phi) is 3.11. The lowest BCUT2D eigenvalue weighted by atomic mass is 10.2. The van der Waals surface area contributed by atoms with Crippen molar-refractivity contribution in [3.05, 3.63) is 23.8 Å². The quantitative estimate of drug-likeness (QED) is 0.772. The molecule has 15 heavy (non-hydrogen) atoms. The average molecular weight is 207 g/mol. The fourth-order valence-electron chi connectivity index (χ4n) is 1.79. The van der Waals surface area contributed by atoms with Crippen LogP contribution in [-0.4, -0.2) is 19.3 Å². The molecule has 0 aromatic heterocycles. The Balaban J connectivity index is 1.92. The Morgan fingerprint density at radius 1 is 1.53 bits per heavy atom. The molecular formula is C12H17NO2. The van der Waals surface area contributed by atoms with Gasteiger partial charge in [-0.15, -0.1) is 0 Å². The second kappa shape index (κ2) is 4.53. The zero-order valence-electron chi connectivity index (χ0n) is 9.03. The van der Waals surface area contributed by atoms with Crippen LogP contribution < -0.4 is 10.5 Å². The summed E-state index contributed by atoms with van der Waals surface area (Å²) in [6.07, 6.45) is 2.52. The van der Waals surface area contributed by atoms with E-state index in [9.17, 15) is 0 Å². The molecule has 1 saturated heterocycles. The Morgan fingerprint density at radius 3 is 3.07 bits per heavy atom. The molecule has 0 spiro atoms. The molecular weight excluding hydrogens is 190 g/mol. The molecule has 1 aromatic rings. The van der Waals surface area contributed by atoms with Crippen molar-refractivity contribution in [2.24, 2.45) is 0 Å². The van der Waals surface area contributed by atoms with Crippen molar-refractivity contribution in [2.75, 3.05) is 18.9 Å². The molecule has 1 atom stereocenters. The molecule has 3 heteroatoms. The van der Waals surface area contributed by atoms with Crippen LogP contribution in [0.2, 0.25) is 0 Å². The minimum absolute atomic E-state index is 0.266. The van der Waals surface area contributed by atoms with Crippen LogP contribution in [0.3, 0.4) is 0 Å². The van der Waals surface area contributed by atoms with Crippen LogP contribution in [0.5, 0.6) is 5.75 Å². The molecule has 1 aromatic carbocycles. The van der Waals surface area contributed by atoms with E-state index in [-0.39, 0.29) is 6.10 Å². The first-order valence-electron chi connectivity index (χ1n) is 5.36. The molecule has 2 rings (SSSR count). The molecule has 2 N–H and O–H groups in total. The van der Waals surface area contributed by atoms with Gasteiger partial charge in [-0.25, -0.2) is 0 Å². The Labute approximate surface area is 90.2 Å². The minimum Gasteiger partial charge on any atom is -0.491 e. The number of rotatable bonds is 3. The number of hydrogen-bond donors (Lipinski definition) is 1. The lowest BCUT2D eigenvalue weighted by Crippen LogP contribution is -2.16. The second-order valence-electron chi connectivity index (χ2n) is 3.97. The topological polar surface area (TPSA) is 44.5 Å². The number of aryl methyl sites for hydroxylation is 1. The fraction of sp³-hybridized carbons (Fsp3) is 0.500. The van der Waals surface area contributed by atoms with Gasteiger partial charge in [0.25, 0.3) is 0 Å². The summed E-state index contributed by atoms with van der Waals surface area (Å²) in [5.41, 5.74) is 7.52. The highest BCUT2D eigenvalue weighted by atomic mass is 16.5. The summed E-state index contributed by atoms with van der Waals surface area (Å²) in [6.45, 7) is 3.51. The van der Waals surface area contributed by atoms with Crippen molar-refractivity contribution >= 4 is 5.69 Å². The van der Waals surface area contributed by atoms with Gasteiger partial charge in [0.1, 0.15) is 12.4 Å². The second-order valence-corrected chi connectivity index (χ2v) is 3.97. The van der Waals surface area contributed by atoms with Crippen LogP contribution in [0.25, 0.3) is 0 Å². The summed E-state index contributed by atoms with van der Waals surface area (Å²) in [5, 5.41) is 0. The number of nitrogens with two attached hydrogens (primary N) is 1. The predicted octanol–water partition coefficient (Wildman–Crippen LogP) is 2.14. The van der Waals surface area contributed by atoms with E-state index in [1.54, 1.807) is 0 Å². The largest absolute Gasteiger partial charge is 0.491 e. The lowest BCUT2D eigenvalue weighted by Gasteiger charge is -2.13. The maximum atomic E-state index is 5.70. The van der Waals surface area contributed by atoms with Crippen LogP contribution in [0.1, 0.15) is 18.4 Å². The average Bonchev–Trinajstić information content (AvgIpc) is 2.69. The summed E-state index contributed by atoms with van der Waals surface area (Å²) < 4.78 is 11.2. The third-order valence-electron chi connectivity index (χ3n) is 2.65. The van der Waals surface area contributed by atoms with Crippen LogP contribution in [0.4, 0.5) is 5.69 Å². The van der Waals surface area contributed by atoms with E-state index < -0.39 is 0 Å². The van der Waals surface area contributed by atoms with Crippen LogP contribution >= 0.6 is 0 Å². The maximum absolute atomic E-state index is 5.70. The van der Waals surface area contributed by atoms with Crippen molar-refractivity contribution < 1.29 is 9.47 Å². The molecule has 3 nitrogen and oxygen atoms in total. The van der Waals surface area contributed by atoms with Gasteiger partial charge in [0.2, 0.25) is 0 Å². The molecule has 1 heterocycles. The van der Waals surface area contributed by atoms with Gasteiger partial charge in [-0.3, -0.25) is 0 Å². The van der Waals surface area contributed by atoms with Crippen LogP contribution in [-0.2, 0) is 4.74 Å². The molecule has 0 saturated carbocycles. The fourth-order valence-corrected chi connectivity index (χ4v) is 1.79. The molecule has 1 aliphatic heterocycles. The molecule has 0 bridgehead atoms. The summed E-state index contributed by atoms with van der Waals surface area (Å²) in [4.78, 5) is 0. The maximum Gasteiger partial charge on any atom is 0.122 e. The third kappa shape index (κ3) is 2.63. The van der Waals surface area contributed by atoms with E-state index in [2.05, 4.69) is 0 Å². The summed E-state index contributed by atoms with van der Waals surface area (Å²) in [6, 6.07) is 5.70. The highest BCUT2D eigenvalue weighted by molar-refractivity contribution is 5.47. The monoisotopic (exact) mass is 207 g/mol. The molecule has 0 aliphatic carbocycles. The molecule has 0 radical (unpaired) electrons. The smallest absolute Gasteiger partial charge is 0.122 e. The van der Waals surface area contributed by atoms with E-state index >= 15 is 0 Å². The van der Waals surface area contributed by atoms with Crippen molar-refractivity contribution in [3.8, 4) is 5.75 Å². The first-order valence-corrected chi connectivity index (χ1v) is 5.36. The predicted molar refractivity (Wildman–Crippen MR) is 60.1 cm³/mol. The normalized spacial score (nSPS) is 20.5. The highest BCUT2D eigenvalue weighted by Crippen LogP contribution is 2.21. The number of benzene rings is 1. The van der Waals surface area contributed by atoms with Gasteiger partial charge in [0.05, 0.1) is 6.10 Å². The molecule has 1 fully saturated rings. The highest BCUT2D eigenvalue weighted by Gasteiger charge is 2.16. The van der Waals surface area contributed by atoms with Gasteiger partial charge in [0, 0.05) is 12.3 Å². The zero-order valence-corrected chi connectivity index (χ0v) is 9.03. The van der Waals surface area contributed by atoms with Crippen molar-refractivity contribution in [1.29, 1.82) is 0 Å².